The smallest absolute Gasteiger partial charge is 0.262 e. The van der Waals surface area contributed by atoms with Crippen molar-refractivity contribution in [2.45, 2.75) is 5.79 Å². The van der Waals surface area contributed by atoms with Gasteiger partial charge in [0, 0.05) is 16.7 Å². The van der Waals surface area contributed by atoms with Gasteiger partial charge in [0.05, 0.1) is 0 Å². The molecule has 1 heterocycles. The maximum absolute atomic E-state index is 13.8. The van der Waals surface area contributed by atoms with E-state index in [0.29, 0.717) is 16.9 Å². The number of rotatable bonds is 1. The summed E-state index contributed by atoms with van der Waals surface area (Å²) in [6, 6.07) is 20.9. The van der Waals surface area contributed by atoms with Crippen LogP contribution in [-0.4, -0.2) is 5.11 Å². The minimum atomic E-state index is -1.70. The van der Waals surface area contributed by atoms with Crippen molar-refractivity contribution >= 4 is 0 Å². The Hall–Kier alpha value is -2.65. The van der Waals surface area contributed by atoms with Crippen LogP contribution in [0.1, 0.15) is 11.1 Å². The molecule has 0 bridgehead atoms. The summed E-state index contributed by atoms with van der Waals surface area (Å²) < 4.78 is 19.6. The van der Waals surface area contributed by atoms with Crippen LogP contribution < -0.4 is 4.74 Å². The Balaban J connectivity index is 2.03. The topological polar surface area (TPSA) is 29.5 Å². The van der Waals surface area contributed by atoms with Crippen molar-refractivity contribution in [1.82, 2.24) is 0 Å². The molecule has 0 aliphatic carbocycles. The largest absolute Gasteiger partial charge is 0.453 e. The van der Waals surface area contributed by atoms with Crippen molar-refractivity contribution in [2.24, 2.45) is 0 Å². The lowest BCUT2D eigenvalue weighted by atomic mass is 9.87. The van der Waals surface area contributed by atoms with Gasteiger partial charge in [-0.25, -0.2) is 4.39 Å². The maximum Gasteiger partial charge on any atom is 0.262 e. The third-order valence-electron chi connectivity index (χ3n) is 3.95. The van der Waals surface area contributed by atoms with Gasteiger partial charge in [-0.05, 0) is 23.8 Å². The molecule has 0 spiro atoms. The second kappa shape index (κ2) is 4.68. The molecule has 22 heavy (non-hydrogen) atoms. The molecule has 1 aliphatic heterocycles. The lowest BCUT2D eigenvalue weighted by Crippen LogP contribution is -2.37. The summed E-state index contributed by atoms with van der Waals surface area (Å²) >= 11 is 0. The molecule has 2 nitrogen and oxygen atoms in total. The zero-order valence-corrected chi connectivity index (χ0v) is 11.7. The summed E-state index contributed by atoms with van der Waals surface area (Å²) in [7, 11) is 0. The Morgan fingerprint density at radius 2 is 1.55 bits per heavy atom. The quantitative estimate of drug-likeness (QED) is 0.732. The van der Waals surface area contributed by atoms with Crippen LogP contribution in [0.15, 0.2) is 72.8 Å². The van der Waals surface area contributed by atoms with E-state index in [-0.39, 0.29) is 0 Å². The summed E-state index contributed by atoms with van der Waals surface area (Å²) in [4.78, 5) is 0. The van der Waals surface area contributed by atoms with Gasteiger partial charge in [-0.15, -0.1) is 0 Å². The van der Waals surface area contributed by atoms with Gasteiger partial charge in [0.1, 0.15) is 11.6 Å². The monoisotopic (exact) mass is 292 g/mol. The van der Waals surface area contributed by atoms with Crippen molar-refractivity contribution in [3.63, 3.8) is 0 Å². The molecule has 108 valence electrons. The molecule has 3 aromatic rings. The minimum absolute atomic E-state index is 0.406. The van der Waals surface area contributed by atoms with E-state index in [1.165, 1.54) is 12.1 Å². The predicted molar refractivity (Wildman–Crippen MR) is 81.9 cm³/mol. The van der Waals surface area contributed by atoms with E-state index in [0.717, 1.165) is 11.1 Å². The first-order valence-corrected chi connectivity index (χ1v) is 7.05. The standard InChI is InChI=1S/C19H13FO2/c20-14-10-11-15-16-8-4-5-9-18(16)22-19(21,17(15)12-14)13-6-2-1-3-7-13/h1-12,21H. The first-order valence-electron chi connectivity index (χ1n) is 7.05. The summed E-state index contributed by atoms with van der Waals surface area (Å²) in [5.41, 5.74) is 2.60. The summed E-state index contributed by atoms with van der Waals surface area (Å²) in [6.45, 7) is 0. The van der Waals surface area contributed by atoms with E-state index in [4.69, 9.17) is 4.74 Å². The maximum atomic E-state index is 13.8. The first-order chi connectivity index (χ1) is 10.7. The number of fused-ring (bicyclic) bond motifs is 3. The fourth-order valence-electron chi connectivity index (χ4n) is 2.90. The Labute approximate surface area is 127 Å². The normalized spacial score (nSPS) is 19.0. The molecule has 0 radical (unpaired) electrons. The highest BCUT2D eigenvalue weighted by Crippen LogP contribution is 2.46. The molecule has 1 aliphatic rings. The van der Waals surface area contributed by atoms with Crippen LogP contribution in [0.5, 0.6) is 5.75 Å². The van der Waals surface area contributed by atoms with Gasteiger partial charge >= 0.3 is 0 Å². The number of para-hydroxylation sites is 1. The molecule has 0 amide bonds. The van der Waals surface area contributed by atoms with Gasteiger partial charge in [0.2, 0.25) is 0 Å². The molecule has 3 aromatic carbocycles. The average molecular weight is 292 g/mol. The SMILES string of the molecule is OC1(c2ccccc2)Oc2ccccc2-c2ccc(F)cc21. The van der Waals surface area contributed by atoms with Crippen molar-refractivity contribution in [1.29, 1.82) is 0 Å². The number of hydrogen-bond acceptors (Lipinski definition) is 2. The number of hydrogen-bond donors (Lipinski definition) is 1. The Morgan fingerprint density at radius 1 is 0.818 bits per heavy atom. The van der Waals surface area contributed by atoms with E-state index in [9.17, 15) is 9.50 Å². The Morgan fingerprint density at radius 3 is 2.36 bits per heavy atom. The van der Waals surface area contributed by atoms with Gasteiger partial charge < -0.3 is 9.84 Å². The highest BCUT2D eigenvalue weighted by molar-refractivity contribution is 5.77. The second-order valence-electron chi connectivity index (χ2n) is 5.30. The van der Waals surface area contributed by atoms with Crippen LogP contribution >= 0.6 is 0 Å². The molecule has 3 heteroatoms. The van der Waals surface area contributed by atoms with E-state index in [2.05, 4.69) is 0 Å². The molecule has 0 saturated carbocycles. The van der Waals surface area contributed by atoms with Gasteiger partial charge in [0.25, 0.3) is 5.79 Å². The molecular weight excluding hydrogens is 279 g/mol. The zero-order valence-electron chi connectivity index (χ0n) is 11.7. The van der Waals surface area contributed by atoms with E-state index in [1.807, 2.05) is 36.4 Å². The third-order valence-corrected chi connectivity index (χ3v) is 3.95. The summed E-state index contributed by atoms with van der Waals surface area (Å²) in [5, 5.41) is 11.2. The second-order valence-corrected chi connectivity index (χ2v) is 5.30. The van der Waals surface area contributed by atoms with Crippen LogP contribution in [0.25, 0.3) is 11.1 Å². The fraction of sp³-hybridized carbons (Fsp3) is 0.0526. The molecular formula is C19H13FO2. The zero-order chi connectivity index (χ0) is 15.2. The van der Waals surface area contributed by atoms with Crippen LogP contribution in [0.3, 0.4) is 0 Å². The number of benzene rings is 3. The lowest BCUT2D eigenvalue weighted by Gasteiger charge is -2.36. The molecule has 1 N–H and O–H groups in total. The van der Waals surface area contributed by atoms with Gasteiger partial charge in [-0.3, -0.25) is 0 Å². The van der Waals surface area contributed by atoms with Crippen molar-refractivity contribution in [3.8, 4) is 16.9 Å². The molecule has 0 saturated heterocycles. The van der Waals surface area contributed by atoms with Crippen molar-refractivity contribution < 1.29 is 14.2 Å². The van der Waals surface area contributed by atoms with Crippen molar-refractivity contribution in [3.05, 3.63) is 89.7 Å². The van der Waals surface area contributed by atoms with Crippen LogP contribution in [0.4, 0.5) is 4.39 Å². The third kappa shape index (κ3) is 1.83. The Bertz CT molecular complexity index is 845. The van der Waals surface area contributed by atoms with E-state index >= 15 is 0 Å². The van der Waals surface area contributed by atoms with Crippen molar-refractivity contribution in [2.75, 3.05) is 0 Å². The summed E-state index contributed by atoms with van der Waals surface area (Å²) in [5.74, 6) is -1.53. The average Bonchev–Trinajstić information content (AvgIpc) is 2.56. The number of ether oxygens (including phenoxy) is 1. The highest BCUT2D eigenvalue weighted by atomic mass is 19.1. The predicted octanol–water partition coefficient (Wildman–Crippen LogP) is 4.08. The lowest BCUT2D eigenvalue weighted by molar-refractivity contribution is -0.110. The Kier molecular flexibility index (Phi) is 2.78. The molecule has 1 unspecified atom stereocenters. The molecule has 0 aromatic heterocycles. The van der Waals surface area contributed by atoms with Gasteiger partial charge in [-0.1, -0.05) is 54.6 Å². The van der Waals surface area contributed by atoms with Crippen LogP contribution in [0.2, 0.25) is 0 Å². The number of aliphatic hydroxyl groups is 1. The molecule has 0 fully saturated rings. The number of halogens is 1. The van der Waals surface area contributed by atoms with Gasteiger partial charge in [0.15, 0.2) is 0 Å². The van der Waals surface area contributed by atoms with Crippen LogP contribution in [0, 0.1) is 5.82 Å². The summed E-state index contributed by atoms with van der Waals surface area (Å²) in [6.07, 6.45) is 0. The van der Waals surface area contributed by atoms with E-state index in [1.54, 1.807) is 24.3 Å². The molecule has 4 rings (SSSR count). The highest BCUT2D eigenvalue weighted by Gasteiger charge is 2.41. The van der Waals surface area contributed by atoms with E-state index < -0.39 is 11.6 Å². The fourth-order valence-corrected chi connectivity index (χ4v) is 2.90. The molecule has 1 atom stereocenters. The minimum Gasteiger partial charge on any atom is -0.453 e. The first kappa shape index (κ1) is 13.0. The van der Waals surface area contributed by atoms with Crippen LogP contribution in [-0.2, 0) is 5.79 Å². The van der Waals surface area contributed by atoms with Gasteiger partial charge in [-0.2, -0.15) is 0 Å².